The second-order valence-corrected chi connectivity index (χ2v) is 8.39. The fourth-order valence-electron chi connectivity index (χ4n) is 2.76. The molecule has 2 aromatic rings. The number of sulfonamides is 1. The first-order valence-corrected chi connectivity index (χ1v) is 9.97. The molecule has 1 aliphatic rings. The second kappa shape index (κ2) is 7.09. The summed E-state index contributed by atoms with van der Waals surface area (Å²) in [6, 6.07) is 13.6. The predicted octanol–water partition coefficient (Wildman–Crippen LogP) is 2.58. The molecule has 0 radical (unpaired) electrons. The van der Waals surface area contributed by atoms with Crippen molar-refractivity contribution >= 4 is 39.1 Å². The molecule has 1 fully saturated rings. The van der Waals surface area contributed by atoms with Gasteiger partial charge in [-0.2, -0.15) is 0 Å². The molecule has 1 N–H and O–H groups in total. The maximum absolute atomic E-state index is 12.4. The van der Waals surface area contributed by atoms with Crippen LogP contribution in [0.1, 0.15) is 22.8 Å². The third kappa shape index (κ3) is 3.59. The summed E-state index contributed by atoms with van der Waals surface area (Å²) in [4.78, 5) is 24.6. The van der Waals surface area contributed by atoms with Crippen LogP contribution in [0.2, 0.25) is 5.02 Å². The van der Waals surface area contributed by atoms with Gasteiger partial charge in [0.15, 0.2) is 0 Å². The molecule has 1 atom stereocenters. The van der Waals surface area contributed by atoms with Crippen molar-refractivity contribution in [2.75, 3.05) is 10.1 Å². The van der Waals surface area contributed by atoms with Crippen molar-refractivity contribution in [3.8, 4) is 0 Å². The van der Waals surface area contributed by atoms with Gasteiger partial charge in [0.25, 0.3) is 5.91 Å². The third-order valence-corrected chi connectivity index (χ3v) is 6.26. The predicted molar refractivity (Wildman–Crippen MR) is 99.5 cm³/mol. The van der Waals surface area contributed by atoms with Crippen LogP contribution in [-0.4, -0.2) is 26.0 Å². The van der Waals surface area contributed by atoms with Crippen molar-refractivity contribution in [1.82, 2.24) is 5.32 Å². The van der Waals surface area contributed by atoms with E-state index in [4.69, 9.17) is 11.6 Å². The van der Waals surface area contributed by atoms with Gasteiger partial charge in [0.1, 0.15) is 0 Å². The summed E-state index contributed by atoms with van der Waals surface area (Å²) in [5, 5.41) is 2.85. The number of halogens is 1. The van der Waals surface area contributed by atoms with Gasteiger partial charge >= 0.3 is 0 Å². The van der Waals surface area contributed by atoms with Crippen molar-refractivity contribution in [3.05, 3.63) is 64.7 Å². The molecule has 0 saturated carbocycles. The Morgan fingerprint density at radius 1 is 1.23 bits per heavy atom. The number of nitrogens with zero attached hydrogens (tertiary/aromatic N) is 1. The van der Waals surface area contributed by atoms with Crippen LogP contribution in [0, 0.1) is 5.92 Å². The Balaban J connectivity index is 1.86. The minimum Gasteiger partial charge on any atom is -0.348 e. The van der Waals surface area contributed by atoms with Crippen molar-refractivity contribution in [2.45, 2.75) is 13.5 Å². The summed E-state index contributed by atoms with van der Waals surface area (Å²) in [5.74, 6) is -1.85. The summed E-state index contributed by atoms with van der Waals surface area (Å²) in [6.07, 6.45) is 0. The van der Waals surface area contributed by atoms with E-state index in [-0.39, 0.29) is 27.9 Å². The van der Waals surface area contributed by atoms with Crippen molar-refractivity contribution in [3.63, 3.8) is 0 Å². The number of carbonyl (C=O) groups is 2. The van der Waals surface area contributed by atoms with Crippen molar-refractivity contribution in [2.24, 2.45) is 5.92 Å². The molecular formula is C18H17ClN2O4S. The highest BCUT2D eigenvalue weighted by Crippen LogP contribution is 2.34. The van der Waals surface area contributed by atoms with E-state index in [2.05, 4.69) is 5.32 Å². The van der Waals surface area contributed by atoms with Gasteiger partial charge < -0.3 is 5.32 Å². The zero-order valence-electron chi connectivity index (χ0n) is 14.0. The number of rotatable bonds is 4. The lowest BCUT2D eigenvalue weighted by Gasteiger charge is -2.17. The molecule has 2 amide bonds. The van der Waals surface area contributed by atoms with E-state index in [9.17, 15) is 18.0 Å². The van der Waals surface area contributed by atoms with Crippen LogP contribution in [0.4, 0.5) is 5.69 Å². The summed E-state index contributed by atoms with van der Waals surface area (Å²) >= 11 is 6.10. The molecule has 0 aromatic heterocycles. The molecule has 6 nitrogen and oxygen atoms in total. The third-order valence-electron chi connectivity index (χ3n) is 4.08. The van der Waals surface area contributed by atoms with Gasteiger partial charge in [0.2, 0.25) is 15.9 Å². The number of hydrogen-bond donors (Lipinski definition) is 1. The first-order chi connectivity index (χ1) is 12.3. The Labute approximate surface area is 156 Å². The highest BCUT2D eigenvalue weighted by molar-refractivity contribution is 7.94. The lowest BCUT2D eigenvalue weighted by atomic mass is 10.1. The number of benzene rings is 2. The maximum Gasteiger partial charge on any atom is 0.251 e. The molecule has 0 spiro atoms. The average molecular weight is 393 g/mol. The monoisotopic (exact) mass is 392 g/mol. The van der Waals surface area contributed by atoms with Crippen LogP contribution < -0.4 is 9.62 Å². The topological polar surface area (TPSA) is 83.6 Å². The first kappa shape index (κ1) is 18.4. The van der Waals surface area contributed by atoms with Gasteiger partial charge in [-0.3, -0.25) is 9.59 Å². The maximum atomic E-state index is 12.4. The van der Waals surface area contributed by atoms with Crippen LogP contribution in [0.15, 0.2) is 48.5 Å². The summed E-state index contributed by atoms with van der Waals surface area (Å²) in [7, 11) is -3.79. The number of amides is 2. The molecule has 0 bridgehead atoms. The standard InChI is InChI=1S/C18H17ClN2O4S/c1-12-11-26(24,25)21(18(12)23)16-9-14(7-8-15(16)19)17(22)20-10-13-5-3-2-4-6-13/h2-9,12H,10-11H2,1H3,(H,20,22). The molecular weight excluding hydrogens is 376 g/mol. The molecule has 8 heteroatoms. The largest absolute Gasteiger partial charge is 0.348 e. The second-order valence-electron chi connectivity index (χ2n) is 6.12. The van der Waals surface area contributed by atoms with E-state index in [0.717, 1.165) is 5.56 Å². The summed E-state index contributed by atoms with van der Waals surface area (Å²) in [6.45, 7) is 1.87. The smallest absolute Gasteiger partial charge is 0.251 e. The average Bonchev–Trinajstić information content (AvgIpc) is 2.81. The van der Waals surface area contributed by atoms with Crippen LogP contribution >= 0.6 is 11.6 Å². The van der Waals surface area contributed by atoms with E-state index in [1.807, 2.05) is 30.3 Å². The van der Waals surface area contributed by atoms with Gasteiger partial charge in [-0.05, 0) is 23.8 Å². The Kier molecular flexibility index (Phi) is 5.02. The Morgan fingerprint density at radius 2 is 1.92 bits per heavy atom. The molecule has 1 saturated heterocycles. The molecule has 3 rings (SSSR count). The quantitative estimate of drug-likeness (QED) is 0.866. The van der Waals surface area contributed by atoms with Gasteiger partial charge in [-0.1, -0.05) is 48.9 Å². The van der Waals surface area contributed by atoms with E-state index in [1.165, 1.54) is 18.2 Å². The molecule has 2 aromatic carbocycles. The minimum atomic E-state index is -3.79. The fraction of sp³-hybridized carbons (Fsp3) is 0.222. The lowest BCUT2D eigenvalue weighted by molar-refractivity contribution is -0.119. The summed E-state index contributed by atoms with van der Waals surface area (Å²) in [5.41, 5.74) is 1.16. The van der Waals surface area contributed by atoms with Crippen LogP contribution in [0.25, 0.3) is 0 Å². The normalized spacial score (nSPS) is 18.8. The molecule has 1 heterocycles. The van der Waals surface area contributed by atoms with E-state index in [1.54, 1.807) is 6.92 Å². The zero-order valence-corrected chi connectivity index (χ0v) is 15.5. The molecule has 1 aliphatic heterocycles. The van der Waals surface area contributed by atoms with Crippen LogP contribution in [-0.2, 0) is 21.4 Å². The zero-order chi connectivity index (χ0) is 18.9. The Hall–Kier alpha value is -2.38. The number of anilines is 1. The number of hydrogen-bond acceptors (Lipinski definition) is 4. The van der Waals surface area contributed by atoms with Gasteiger partial charge in [0, 0.05) is 12.1 Å². The van der Waals surface area contributed by atoms with Crippen LogP contribution in [0.3, 0.4) is 0 Å². The SMILES string of the molecule is CC1CS(=O)(=O)N(c2cc(C(=O)NCc3ccccc3)ccc2Cl)C1=O. The van der Waals surface area contributed by atoms with E-state index >= 15 is 0 Å². The number of nitrogens with one attached hydrogen (secondary N) is 1. The summed E-state index contributed by atoms with van der Waals surface area (Å²) < 4.78 is 25.2. The first-order valence-electron chi connectivity index (χ1n) is 7.98. The van der Waals surface area contributed by atoms with Crippen molar-refractivity contribution in [1.29, 1.82) is 0 Å². The van der Waals surface area contributed by atoms with Crippen molar-refractivity contribution < 1.29 is 18.0 Å². The van der Waals surface area contributed by atoms with Gasteiger partial charge in [-0.15, -0.1) is 0 Å². The van der Waals surface area contributed by atoms with Gasteiger partial charge in [-0.25, -0.2) is 12.7 Å². The highest BCUT2D eigenvalue weighted by Gasteiger charge is 2.42. The molecule has 0 aliphatic carbocycles. The highest BCUT2D eigenvalue weighted by atomic mass is 35.5. The molecule has 136 valence electrons. The Bertz CT molecular complexity index is 960. The van der Waals surface area contributed by atoms with E-state index < -0.39 is 21.8 Å². The van der Waals surface area contributed by atoms with E-state index in [0.29, 0.717) is 10.8 Å². The number of carbonyl (C=O) groups excluding carboxylic acids is 2. The molecule has 26 heavy (non-hydrogen) atoms. The lowest BCUT2D eigenvalue weighted by Crippen LogP contribution is -2.31. The fourth-order valence-corrected chi connectivity index (χ4v) is 4.84. The van der Waals surface area contributed by atoms with Gasteiger partial charge in [0.05, 0.1) is 22.4 Å². The molecule has 1 unspecified atom stereocenters. The Morgan fingerprint density at radius 3 is 2.54 bits per heavy atom. The van der Waals surface area contributed by atoms with Crippen LogP contribution in [0.5, 0.6) is 0 Å². The minimum absolute atomic E-state index is 0.00776.